The van der Waals surface area contributed by atoms with Gasteiger partial charge in [-0.05, 0) is 26.7 Å². The Morgan fingerprint density at radius 3 is 1.33 bits per heavy atom. The van der Waals surface area contributed by atoms with Gasteiger partial charge in [0.05, 0.1) is 23.0 Å². The molecular formula is C10H18O4S4. The van der Waals surface area contributed by atoms with Crippen LogP contribution in [0.3, 0.4) is 0 Å². The van der Waals surface area contributed by atoms with E-state index in [1.54, 1.807) is 21.6 Å². The molecule has 0 N–H and O–H groups in total. The highest BCUT2D eigenvalue weighted by Crippen LogP contribution is 2.51. The molecule has 8 heteroatoms. The van der Waals surface area contributed by atoms with Crippen molar-refractivity contribution in [3.8, 4) is 0 Å². The molecule has 106 valence electrons. The molecule has 0 unspecified atom stereocenters. The van der Waals surface area contributed by atoms with Crippen molar-refractivity contribution < 1.29 is 16.8 Å². The molecule has 0 aromatic rings. The smallest absolute Gasteiger partial charge is 0.151 e. The van der Waals surface area contributed by atoms with Crippen LogP contribution in [-0.2, 0) is 19.7 Å². The fourth-order valence-corrected chi connectivity index (χ4v) is 11.3. The van der Waals surface area contributed by atoms with E-state index in [0.29, 0.717) is 12.8 Å². The maximum Gasteiger partial charge on any atom is 0.151 e. The molecule has 0 aromatic carbocycles. The third-order valence-electron chi connectivity index (χ3n) is 3.38. The average Bonchev–Trinajstić information content (AvgIpc) is 2.63. The molecular weight excluding hydrogens is 312 g/mol. The molecule has 2 rings (SSSR count). The van der Waals surface area contributed by atoms with Crippen molar-refractivity contribution in [2.45, 2.75) is 36.2 Å². The minimum Gasteiger partial charge on any atom is -0.229 e. The average molecular weight is 331 g/mol. The van der Waals surface area contributed by atoms with Crippen molar-refractivity contribution in [1.29, 1.82) is 0 Å². The number of rotatable bonds is 3. The molecule has 4 nitrogen and oxygen atoms in total. The summed E-state index contributed by atoms with van der Waals surface area (Å²) in [5.41, 5.74) is 0. The Morgan fingerprint density at radius 2 is 1.11 bits per heavy atom. The van der Waals surface area contributed by atoms with Crippen LogP contribution in [0.4, 0.5) is 0 Å². The highest BCUT2D eigenvalue weighted by atomic mass is 33.1. The topological polar surface area (TPSA) is 68.3 Å². The molecule has 2 heterocycles. The Morgan fingerprint density at radius 1 is 0.778 bits per heavy atom. The van der Waals surface area contributed by atoms with Crippen LogP contribution < -0.4 is 0 Å². The van der Waals surface area contributed by atoms with Gasteiger partial charge in [0.15, 0.2) is 19.7 Å². The molecule has 0 bridgehead atoms. The monoisotopic (exact) mass is 330 g/mol. The van der Waals surface area contributed by atoms with Crippen LogP contribution in [0.2, 0.25) is 0 Å². The quantitative estimate of drug-likeness (QED) is 0.731. The van der Waals surface area contributed by atoms with E-state index in [9.17, 15) is 16.8 Å². The third kappa shape index (κ3) is 3.58. The highest BCUT2D eigenvalue weighted by molar-refractivity contribution is 8.77. The zero-order valence-corrected chi connectivity index (χ0v) is 13.8. The zero-order chi connectivity index (χ0) is 13.7. The molecule has 2 fully saturated rings. The van der Waals surface area contributed by atoms with Crippen LogP contribution in [0.15, 0.2) is 0 Å². The van der Waals surface area contributed by atoms with Crippen molar-refractivity contribution >= 4 is 41.3 Å². The van der Waals surface area contributed by atoms with Gasteiger partial charge in [0.1, 0.15) is 0 Å². The molecule has 2 atom stereocenters. The summed E-state index contributed by atoms with van der Waals surface area (Å²) < 4.78 is 45.5. The van der Waals surface area contributed by atoms with Crippen molar-refractivity contribution in [1.82, 2.24) is 0 Å². The lowest BCUT2D eigenvalue weighted by Gasteiger charge is -2.27. The van der Waals surface area contributed by atoms with E-state index < -0.39 is 19.7 Å². The van der Waals surface area contributed by atoms with Gasteiger partial charge in [0.25, 0.3) is 0 Å². The lowest BCUT2D eigenvalue weighted by atomic mass is 10.1. The van der Waals surface area contributed by atoms with Crippen molar-refractivity contribution in [3.05, 3.63) is 0 Å². The summed E-state index contributed by atoms with van der Waals surface area (Å²) in [4.78, 5) is 0. The molecule has 0 amide bonds. The van der Waals surface area contributed by atoms with Gasteiger partial charge in [-0.25, -0.2) is 16.8 Å². The van der Waals surface area contributed by atoms with Crippen molar-refractivity contribution in [3.63, 3.8) is 0 Å². The predicted molar refractivity (Wildman–Crippen MR) is 78.5 cm³/mol. The van der Waals surface area contributed by atoms with Crippen LogP contribution >= 0.6 is 21.6 Å². The summed E-state index contributed by atoms with van der Waals surface area (Å²) in [6.45, 7) is 3.92. The second-order valence-corrected chi connectivity index (χ2v) is 13.4. The summed E-state index contributed by atoms with van der Waals surface area (Å²) in [6.07, 6.45) is 1.33. The lowest BCUT2D eigenvalue weighted by molar-refractivity contribution is 0.599. The predicted octanol–water partition coefficient (Wildman–Crippen LogP) is 1.52. The Hall–Kier alpha value is 0.600. The lowest BCUT2D eigenvalue weighted by Crippen LogP contribution is -2.25. The van der Waals surface area contributed by atoms with Crippen LogP contribution in [0.1, 0.15) is 26.7 Å². The van der Waals surface area contributed by atoms with Crippen LogP contribution in [0.5, 0.6) is 0 Å². The van der Waals surface area contributed by atoms with Gasteiger partial charge in [-0.3, -0.25) is 0 Å². The highest BCUT2D eigenvalue weighted by Gasteiger charge is 2.44. The zero-order valence-electron chi connectivity index (χ0n) is 10.5. The molecule has 0 radical (unpaired) electrons. The van der Waals surface area contributed by atoms with Crippen LogP contribution in [0.25, 0.3) is 0 Å². The Bertz CT molecular complexity index is 488. The van der Waals surface area contributed by atoms with E-state index >= 15 is 0 Å². The normalized spacial score (nSPS) is 42.1. The fraction of sp³-hybridized carbons (Fsp3) is 1.00. The minimum absolute atomic E-state index is 0.209. The van der Waals surface area contributed by atoms with Gasteiger partial charge in [0.2, 0.25) is 0 Å². The molecule has 0 aromatic heterocycles. The molecule has 2 aliphatic rings. The molecule has 0 saturated carbocycles. The van der Waals surface area contributed by atoms with Gasteiger partial charge in [-0.2, -0.15) is 0 Å². The molecule has 18 heavy (non-hydrogen) atoms. The largest absolute Gasteiger partial charge is 0.229 e. The number of hydrogen-bond donors (Lipinski definition) is 0. The molecule has 0 spiro atoms. The van der Waals surface area contributed by atoms with Gasteiger partial charge in [-0.15, -0.1) is 0 Å². The summed E-state index contributed by atoms with van der Waals surface area (Å²) in [6, 6.07) is 0. The number of hydrogen-bond acceptors (Lipinski definition) is 6. The third-order valence-corrected chi connectivity index (χ3v) is 11.8. The molecule has 2 saturated heterocycles. The summed E-state index contributed by atoms with van der Waals surface area (Å²) >= 11 is 0. The van der Waals surface area contributed by atoms with Gasteiger partial charge in [0, 0.05) is 9.49 Å². The first kappa shape index (κ1) is 15.0. The van der Waals surface area contributed by atoms with E-state index in [0.717, 1.165) is 0 Å². The van der Waals surface area contributed by atoms with E-state index in [1.807, 2.05) is 13.8 Å². The van der Waals surface area contributed by atoms with Gasteiger partial charge < -0.3 is 0 Å². The first-order valence-corrected chi connectivity index (χ1v) is 11.6. The van der Waals surface area contributed by atoms with E-state index in [1.165, 1.54) is 0 Å². The summed E-state index contributed by atoms with van der Waals surface area (Å²) in [5.74, 6) is 0.930. The minimum atomic E-state index is -2.89. The second kappa shape index (κ2) is 4.56. The van der Waals surface area contributed by atoms with Crippen molar-refractivity contribution in [2.24, 2.45) is 0 Å². The Balaban J connectivity index is 1.97. The van der Waals surface area contributed by atoms with E-state index in [4.69, 9.17) is 0 Å². The van der Waals surface area contributed by atoms with E-state index in [2.05, 4.69) is 0 Å². The summed E-state index contributed by atoms with van der Waals surface area (Å²) in [7, 11) is -2.67. The summed E-state index contributed by atoms with van der Waals surface area (Å²) in [5, 5.41) is 0. The maximum atomic E-state index is 11.5. The Kier molecular flexibility index (Phi) is 3.80. The molecule has 2 aliphatic heterocycles. The first-order valence-electron chi connectivity index (χ1n) is 5.81. The maximum absolute atomic E-state index is 11.5. The van der Waals surface area contributed by atoms with Gasteiger partial charge in [-0.1, -0.05) is 21.6 Å². The van der Waals surface area contributed by atoms with Crippen LogP contribution in [0, 0.1) is 0 Å². The fourth-order valence-electron chi connectivity index (χ4n) is 2.29. The first-order chi connectivity index (χ1) is 8.04. The number of sulfone groups is 2. The SMILES string of the molecule is C[C@]1(SS[C@@]2(C)CCS(=O)(=O)C2)CCS(=O)(=O)C1. The standard InChI is InChI=1S/C10H18O4S4/c1-9(3-5-17(11,12)7-9)15-16-10(2)4-6-18(13,14)8-10/h3-8H2,1-2H3/t9-,10-/m0/s1. The van der Waals surface area contributed by atoms with Crippen molar-refractivity contribution in [2.75, 3.05) is 23.0 Å². The Labute approximate surface area is 117 Å². The van der Waals surface area contributed by atoms with Gasteiger partial charge >= 0.3 is 0 Å². The van der Waals surface area contributed by atoms with Crippen LogP contribution in [-0.4, -0.2) is 49.3 Å². The second-order valence-electron chi connectivity index (χ2n) is 5.75. The molecule has 0 aliphatic carbocycles. The van der Waals surface area contributed by atoms with E-state index in [-0.39, 0.29) is 32.5 Å².